The maximum Gasteiger partial charge on any atom is 0.284 e. The van der Waals surface area contributed by atoms with Crippen molar-refractivity contribution < 1.29 is 13.5 Å². The van der Waals surface area contributed by atoms with Crippen LogP contribution in [0.15, 0.2) is 30.3 Å². The highest BCUT2D eigenvalue weighted by Crippen LogP contribution is 2.28. The monoisotopic (exact) mass is 379 g/mol. The summed E-state index contributed by atoms with van der Waals surface area (Å²) in [5.41, 5.74) is 0.521. The Bertz CT molecular complexity index is 437. The van der Waals surface area contributed by atoms with Crippen molar-refractivity contribution in [2.45, 2.75) is 12.8 Å². The number of ether oxygens (including phenoxy) is 1. The molecule has 1 saturated heterocycles. The van der Waals surface area contributed by atoms with E-state index in [9.17, 15) is 8.78 Å². The summed E-state index contributed by atoms with van der Waals surface area (Å²) in [6.07, 6.45) is 0.894. The molecule has 1 aliphatic heterocycles. The van der Waals surface area contributed by atoms with Gasteiger partial charge in [0.2, 0.25) is 0 Å². The first-order valence-electron chi connectivity index (χ1n) is 6.33. The predicted octanol–water partition coefficient (Wildman–Crippen LogP) is 4.16. The second kappa shape index (κ2) is 7.19. The van der Waals surface area contributed by atoms with Crippen LogP contribution in [0, 0.1) is 0 Å². The molecule has 0 radical (unpaired) electrons. The fourth-order valence-corrected chi connectivity index (χ4v) is 2.47. The lowest BCUT2D eigenvalue weighted by atomic mass is 10.2. The van der Waals surface area contributed by atoms with Crippen LogP contribution in [0.3, 0.4) is 0 Å². The van der Waals surface area contributed by atoms with Crippen molar-refractivity contribution in [2.24, 2.45) is 0 Å². The molecule has 0 aromatic heterocycles. The Morgan fingerprint density at radius 3 is 2.37 bits per heavy atom. The van der Waals surface area contributed by atoms with Gasteiger partial charge in [0.05, 0.1) is 3.58 Å². The van der Waals surface area contributed by atoms with Gasteiger partial charge in [-0.25, -0.2) is 0 Å². The van der Waals surface area contributed by atoms with Crippen molar-refractivity contribution in [1.82, 2.24) is 4.90 Å². The van der Waals surface area contributed by atoms with E-state index in [-0.39, 0.29) is 3.58 Å². The van der Waals surface area contributed by atoms with Gasteiger partial charge in [0.1, 0.15) is 12.4 Å². The number of likely N-dealkylation sites (tertiary alicyclic amines) is 1. The molecule has 2 nitrogen and oxygen atoms in total. The molecule has 0 unspecified atom stereocenters. The zero-order chi connectivity index (χ0) is 13.7. The highest BCUT2D eigenvalue weighted by molar-refractivity contribution is 14.1. The van der Waals surface area contributed by atoms with E-state index in [2.05, 4.69) is 4.90 Å². The van der Waals surface area contributed by atoms with Crippen LogP contribution >= 0.6 is 22.6 Å². The molecule has 5 heteroatoms. The fourth-order valence-electron chi connectivity index (χ4n) is 2.11. The van der Waals surface area contributed by atoms with Crippen molar-refractivity contribution in [1.29, 1.82) is 0 Å². The first-order valence-corrected chi connectivity index (χ1v) is 7.41. The molecule has 19 heavy (non-hydrogen) atoms. The summed E-state index contributed by atoms with van der Waals surface area (Å²) in [6, 6.07) is 6.79. The van der Waals surface area contributed by atoms with Gasteiger partial charge in [0, 0.05) is 6.54 Å². The largest absolute Gasteiger partial charge is 0.492 e. The Morgan fingerprint density at radius 2 is 1.79 bits per heavy atom. The van der Waals surface area contributed by atoms with Crippen LogP contribution in [0.4, 0.5) is 8.78 Å². The van der Waals surface area contributed by atoms with Crippen molar-refractivity contribution in [3.8, 4) is 5.75 Å². The van der Waals surface area contributed by atoms with Gasteiger partial charge >= 0.3 is 0 Å². The van der Waals surface area contributed by atoms with E-state index in [1.807, 2.05) is 0 Å². The van der Waals surface area contributed by atoms with Gasteiger partial charge in [-0.2, -0.15) is 8.78 Å². The van der Waals surface area contributed by atoms with E-state index >= 15 is 0 Å². The Morgan fingerprint density at radius 1 is 1.16 bits per heavy atom. The van der Waals surface area contributed by atoms with Crippen molar-refractivity contribution in [2.75, 3.05) is 26.2 Å². The molecule has 0 amide bonds. The molecule has 0 spiro atoms. The van der Waals surface area contributed by atoms with Crippen LogP contribution in [0.1, 0.15) is 18.4 Å². The average molecular weight is 379 g/mol. The van der Waals surface area contributed by atoms with Gasteiger partial charge in [0.25, 0.3) is 6.08 Å². The molecule has 1 aromatic carbocycles. The summed E-state index contributed by atoms with van der Waals surface area (Å²) < 4.78 is 30.5. The maximum absolute atomic E-state index is 12.4. The van der Waals surface area contributed by atoms with Gasteiger partial charge in [-0.15, -0.1) is 0 Å². The second-order valence-electron chi connectivity index (χ2n) is 4.50. The molecule has 1 fully saturated rings. The number of rotatable bonds is 5. The summed E-state index contributed by atoms with van der Waals surface area (Å²) >= 11 is 1.65. The highest BCUT2D eigenvalue weighted by atomic mass is 127. The molecule has 1 heterocycles. The first-order chi connectivity index (χ1) is 9.16. The van der Waals surface area contributed by atoms with Crippen molar-refractivity contribution in [3.05, 3.63) is 35.9 Å². The molecule has 1 aliphatic rings. The van der Waals surface area contributed by atoms with Crippen LogP contribution in [0.2, 0.25) is 0 Å². The lowest BCUT2D eigenvalue weighted by Crippen LogP contribution is -2.25. The summed E-state index contributed by atoms with van der Waals surface area (Å²) in [6.45, 7) is 3.88. The molecular weight excluding hydrogens is 363 g/mol. The van der Waals surface area contributed by atoms with Gasteiger partial charge in [-0.3, -0.25) is 4.90 Å². The van der Waals surface area contributed by atoms with Gasteiger partial charge in [-0.05, 0) is 66.2 Å². The molecule has 1 aromatic rings. The number of benzene rings is 1. The molecule has 0 atom stereocenters. The lowest BCUT2D eigenvalue weighted by Gasteiger charge is -2.14. The van der Waals surface area contributed by atoms with E-state index in [4.69, 9.17) is 4.74 Å². The van der Waals surface area contributed by atoms with Crippen LogP contribution in [0.5, 0.6) is 5.75 Å². The third-order valence-corrected chi connectivity index (χ3v) is 4.18. The van der Waals surface area contributed by atoms with Crippen LogP contribution in [-0.2, 0) is 0 Å². The summed E-state index contributed by atoms with van der Waals surface area (Å²) in [5.74, 6) is 0.728. The van der Waals surface area contributed by atoms with Gasteiger partial charge in [-0.1, -0.05) is 12.1 Å². The molecule has 0 saturated carbocycles. The zero-order valence-electron chi connectivity index (χ0n) is 10.5. The predicted molar refractivity (Wildman–Crippen MR) is 80.8 cm³/mol. The molecule has 0 N–H and O–H groups in total. The molecule has 0 bridgehead atoms. The van der Waals surface area contributed by atoms with E-state index in [0.717, 1.165) is 25.4 Å². The second-order valence-corrected chi connectivity index (χ2v) is 5.57. The van der Waals surface area contributed by atoms with E-state index in [0.29, 0.717) is 12.2 Å². The Hall–Kier alpha value is -0.690. The maximum atomic E-state index is 12.4. The minimum Gasteiger partial charge on any atom is -0.492 e. The van der Waals surface area contributed by atoms with Crippen LogP contribution in [0.25, 0.3) is 3.58 Å². The van der Waals surface area contributed by atoms with E-state index in [1.54, 1.807) is 46.9 Å². The molecule has 104 valence electrons. The smallest absolute Gasteiger partial charge is 0.284 e. The van der Waals surface area contributed by atoms with Crippen molar-refractivity contribution in [3.63, 3.8) is 0 Å². The number of hydrogen-bond donors (Lipinski definition) is 0. The standard InChI is InChI=1S/C14H16F2INO/c15-14(16)13(17)11-3-5-12(6-4-11)19-10-9-18-7-1-2-8-18/h3-6H,1-2,7-10H2. The summed E-state index contributed by atoms with van der Waals surface area (Å²) in [7, 11) is 0. The Labute approximate surface area is 125 Å². The zero-order valence-corrected chi connectivity index (χ0v) is 12.7. The molecular formula is C14H16F2INO. The average Bonchev–Trinajstić information content (AvgIpc) is 2.92. The Balaban J connectivity index is 1.83. The molecule has 2 rings (SSSR count). The minimum atomic E-state index is -1.65. The van der Waals surface area contributed by atoms with E-state index in [1.165, 1.54) is 12.8 Å². The summed E-state index contributed by atoms with van der Waals surface area (Å²) in [5, 5.41) is 0. The quantitative estimate of drug-likeness (QED) is 0.713. The fraction of sp³-hybridized carbons (Fsp3) is 0.429. The van der Waals surface area contributed by atoms with E-state index < -0.39 is 6.08 Å². The normalized spacial score (nSPS) is 15.5. The Kier molecular flexibility index (Phi) is 5.57. The van der Waals surface area contributed by atoms with Crippen LogP contribution < -0.4 is 4.74 Å². The minimum absolute atomic E-state index is 0.0128. The lowest BCUT2D eigenvalue weighted by molar-refractivity contribution is 0.238. The molecule has 0 aliphatic carbocycles. The number of hydrogen-bond acceptors (Lipinski definition) is 2. The summed E-state index contributed by atoms with van der Waals surface area (Å²) in [4.78, 5) is 2.37. The third-order valence-electron chi connectivity index (χ3n) is 3.15. The van der Waals surface area contributed by atoms with Crippen LogP contribution in [-0.4, -0.2) is 31.1 Å². The SMILES string of the molecule is FC(F)=C(I)c1ccc(OCCN2CCCC2)cc1. The van der Waals surface area contributed by atoms with Crippen molar-refractivity contribution >= 4 is 26.2 Å². The van der Waals surface area contributed by atoms with Gasteiger partial charge < -0.3 is 4.74 Å². The number of halogens is 3. The highest BCUT2D eigenvalue weighted by Gasteiger charge is 2.11. The first kappa shape index (κ1) is 14.7. The number of nitrogens with zero attached hydrogens (tertiary/aromatic N) is 1. The topological polar surface area (TPSA) is 12.5 Å². The third kappa shape index (κ3) is 4.42. The van der Waals surface area contributed by atoms with Gasteiger partial charge in [0.15, 0.2) is 0 Å².